The molecule has 2 aliphatic rings. The van der Waals surface area contributed by atoms with Crippen LogP contribution in [0.25, 0.3) is 0 Å². The van der Waals surface area contributed by atoms with Crippen molar-refractivity contribution in [2.75, 3.05) is 6.54 Å². The topological polar surface area (TPSA) is 84.9 Å². The Kier molecular flexibility index (Phi) is 7.47. The van der Waals surface area contributed by atoms with Gasteiger partial charge in [0.25, 0.3) is 0 Å². The molecule has 4 atom stereocenters. The average Bonchev–Trinajstić information content (AvgIpc) is 3.30. The Morgan fingerprint density at radius 1 is 1.12 bits per heavy atom. The molecule has 1 aromatic rings. The van der Waals surface area contributed by atoms with Crippen molar-refractivity contribution in [3.05, 3.63) is 35.9 Å². The minimum Gasteiger partial charge on any atom is -0.458 e. The predicted molar refractivity (Wildman–Crippen MR) is 121 cm³/mol. The Hall–Kier alpha value is -2.57. The summed E-state index contributed by atoms with van der Waals surface area (Å²) in [6.45, 7) is 9.90. The first-order valence-corrected chi connectivity index (χ1v) is 11.6. The highest BCUT2D eigenvalue weighted by Gasteiger charge is 2.52. The lowest BCUT2D eigenvalue weighted by Crippen LogP contribution is -2.55. The molecule has 3 rings (SSSR count). The summed E-state index contributed by atoms with van der Waals surface area (Å²) in [5, 5.41) is 2.73. The van der Waals surface area contributed by atoms with E-state index in [-0.39, 0.29) is 30.3 Å². The van der Waals surface area contributed by atoms with Crippen molar-refractivity contribution in [3.8, 4) is 0 Å². The van der Waals surface area contributed by atoms with Crippen LogP contribution in [-0.4, -0.2) is 47.1 Å². The lowest BCUT2D eigenvalue weighted by Gasteiger charge is -2.33. The Balaban J connectivity index is 1.70. The summed E-state index contributed by atoms with van der Waals surface area (Å²) in [7, 11) is 0. The Morgan fingerprint density at radius 2 is 1.81 bits per heavy atom. The molecule has 7 nitrogen and oxygen atoms in total. The number of benzene rings is 1. The van der Waals surface area contributed by atoms with E-state index < -0.39 is 23.8 Å². The second-order valence-electron chi connectivity index (χ2n) is 10.3. The first-order chi connectivity index (χ1) is 15.1. The van der Waals surface area contributed by atoms with Crippen molar-refractivity contribution in [2.24, 2.45) is 17.8 Å². The number of ether oxygens (including phenoxy) is 2. The zero-order valence-electron chi connectivity index (χ0n) is 19.8. The van der Waals surface area contributed by atoms with E-state index in [1.807, 2.05) is 65.0 Å². The van der Waals surface area contributed by atoms with Gasteiger partial charge in [-0.15, -0.1) is 0 Å². The van der Waals surface area contributed by atoms with E-state index in [1.165, 1.54) is 0 Å². The summed E-state index contributed by atoms with van der Waals surface area (Å²) in [5.41, 5.74) is 0.242. The second kappa shape index (κ2) is 9.92. The van der Waals surface area contributed by atoms with E-state index in [0.29, 0.717) is 12.5 Å². The minimum atomic E-state index is -0.776. The van der Waals surface area contributed by atoms with Crippen molar-refractivity contribution in [3.63, 3.8) is 0 Å². The fraction of sp³-hybridized carbons (Fsp3) is 0.640. The molecule has 1 saturated heterocycles. The van der Waals surface area contributed by atoms with Gasteiger partial charge in [-0.25, -0.2) is 9.59 Å². The number of carbonyl (C=O) groups is 3. The number of hydrogen-bond donors (Lipinski definition) is 1. The standard InChI is InChI=1S/C25H36N2O5/c1-16(2)20(26-24(30)31-15-17-10-7-6-8-11-17)22(28)27-14-18-12-9-13-19(18)21(27)23(29)32-25(3,4)5/h6-8,10-11,16,18-21H,9,12-15H2,1-5H3,(H,26,30). The highest BCUT2D eigenvalue weighted by molar-refractivity contribution is 5.90. The van der Waals surface area contributed by atoms with Gasteiger partial charge in [-0.1, -0.05) is 50.6 Å². The van der Waals surface area contributed by atoms with Crippen LogP contribution in [-0.2, 0) is 25.7 Å². The normalized spacial score (nSPS) is 23.6. The summed E-state index contributed by atoms with van der Waals surface area (Å²) in [5.74, 6) is -0.344. The van der Waals surface area contributed by atoms with E-state index in [9.17, 15) is 14.4 Å². The molecule has 1 aliphatic heterocycles. The third-order valence-electron chi connectivity index (χ3n) is 6.24. The molecule has 176 valence electrons. The first kappa shape index (κ1) is 24.1. The van der Waals surface area contributed by atoms with Gasteiger partial charge in [-0.2, -0.15) is 0 Å². The van der Waals surface area contributed by atoms with Gasteiger partial charge in [0.15, 0.2) is 0 Å². The van der Waals surface area contributed by atoms with Gasteiger partial charge in [0.1, 0.15) is 24.3 Å². The Morgan fingerprint density at radius 3 is 2.44 bits per heavy atom. The SMILES string of the molecule is CC(C)C(NC(=O)OCc1ccccc1)C(=O)N1CC2CCCC2C1C(=O)OC(C)(C)C. The third-order valence-corrected chi connectivity index (χ3v) is 6.24. The van der Waals surface area contributed by atoms with Gasteiger partial charge in [0.2, 0.25) is 5.91 Å². The number of alkyl carbamates (subject to hydrolysis) is 1. The second-order valence-corrected chi connectivity index (χ2v) is 10.3. The van der Waals surface area contributed by atoms with E-state index >= 15 is 0 Å². The van der Waals surface area contributed by atoms with Crippen LogP contribution in [0.15, 0.2) is 30.3 Å². The van der Waals surface area contributed by atoms with Crippen molar-refractivity contribution >= 4 is 18.0 Å². The van der Waals surface area contributed by atoms with Crippen LogP contribution in [0.5, 0.6) is 0 Å². The van der Waals surface area contributed by atoms with Crippen LogP contribution in [0.2, 0.25) is 0 Å². The highest BCUT2D eigenvalue weighted by Crippen LogP contribution is 2.43. The maximum Gasteiger partial charge on any atom is 0.408 e. The fourth-order valence-electron chi connectivity index (χ4n) is 4.78. The molecule has 1 aliphatic carbocycles. The number of esters is 1. The van der Waals surface area contributed by atoms with Gasteiger partial charge in [0.05, 0.1) is 0 Å². The van der Waals surface area contributed by atoms with E-state index in [4.69, 9.17) is 9.47 Å². The summed E-state index contributed by atoms with van der Waals surface area (Å²) < 4.78 is 11.0. The van der Waals surface area contributed by atoms with Gasteiger partial charge >= 0.3 is 12.1 Å². The molecule has 0 spiro atoms. The summed E-state index contributed by atoms with van der Waals surface area (Å²) in [4.78, 5) is 40.7. The highest BCUT2D eigenvalue weighted by atomic mass is 16.6. The summed E-state index contributed by atoms with van der Waals surface area (Å²) >= 11 is 0. The molecular weight excluding hydrogens is 408 g/mol. The van der Waals surface area contributed by atoms with Crippen LogP contribution in [0, 0.1) is 17.8 Å². The van der Waals surface area contributed by atoms with Crippen LogP contribution in [0.3, 0.4) is 0 Å². The van der Waals surface area contributed by atoms with E-state index in [0.717, 1.165) is 24.8 Å². The largest absolute Gasteiger partial charge is 0.458 e. The van der Waals surface area contributed by atoms with Gasteiger partial charge in [-0.3, -0.25) is 4.79 Å². The number of likely N-dealkylation sites (tertiary alicyclic amines) is 1. The van der Waals surface area contributed by atoms with Crippen molar-refractivity contribution in [2.45, 2.75) is 78.2 Å². The molecular formula is C25H36N2O5. The van der Waals surface area contributed by atoms with Crippen molar-refractivity contribution in [1.29, 1.82) is 0 Å². The predicted octanol–water partition coefficient (Wildman–Crippen LogP) is 3.91. The third kappa shape index (κ3) is 5.81. The van der Waals surface area contributed by atoms with Gasteiger partial charge < -0.3 is 19.7 Å². The lowest BCUT2D eigenvalue weighted by atomic mass is 9.93. The van der Waals surface area contributed by atoms with E-state index in [1.54, 1.807) is 4.90 Å². The van der Waals surface area contributed by atoms with Crippen LogP contribution >= 0.6 is 0 Å². The molecule has 0 bridgehead atoms. The number of nitrogens with zero attached hydrogens (tertiary/aromatic N) is 1. The molecule has 2 fully saturated rings. The molecule has 4 unspecified atom stereocenters. The van der Waals surface area contributed by atoms with Crippen molar-refractivity contribution in [1.82, 2.24) is 10.2 Å². The molecule has 1 heterocycles. The smallest absolute Gasteiger partial charge is 0.408 e. The molecule has 7 heteroatoms. The lowest BCUT2D eigenvalue weighted by molar-refractivity contribution is -0.165. The zero-order valence-corrected chi connectivity index (χ0v) is 19.8. The molecule has 1 aromatic carbocycles. The van der Waals surface area contributed by atoms with Crippen LogP contribution < -0.4 is 5.32 Å². The number of hydrogen-bond acceptors (Lipinski definition) is 5. The number of carbonyl (C=O) groups excluding carboxylic acids is 3. The molecule has 0 aromatic heterocycles. The van der Waals surface area contributed by atoms with Gasteiger partial charge in [0, 0.05) is 6.54 Å². The first-order valence-electron chi connectivity index (χ1n) is 11.6. The zero-order chi connectivity index (χ0) is 23.5. The fourth-order valence-corrected chi connectivity index (χ4v) is 4.78. The molecule has 2 amide bonds. The van der Waals surface area contributed by atoms with Crippen LogP contribution in [0.1, 0.15) is 59.4 Å². The molecule has 1 N–H and O–H groups in total. The van der Waals surface area contributed by atoms with Crippen LogP contribution in [0.4, 0.5) is 4.79 Å². The molecule has 0 radical (unpaired) electrons. The maximum absolute atomic E-state index is 13.6. The number of fused-ring (bicyclic) bond motifs is 1. The Bertz CT molecular complexity index is 817. The molecule has 32 heavy (non-hydrogen) atoms. The minimum absolute atomic E-state index is 0.117. The van der Waals surface area contributed by atoms with Crippen molar-refractivity contribution < 1.29 is 23.9 Å². The summed E-state index contributed by atoms with van der Waals surface area (Å²) in [6, 6.07) is 8.00. The monoisotopic (exact) mass is 444 g/mol. The number of rotatable bonds is 6. The molecule has 1 saturated carbocycles. The van der Waals surface area contributed by atoms with E-state index in [2.05, 4.69) is 5.32 Å². The summed E-state index contributed by atoms with van der Waals surface area (Å²) in [6.07, 6.45) is 2.34. The number of amides is 2. The number of nitrogens with one attached hydrogen (secondary N) is 1. The Labute approximate surface area is 190 Å². The maximum atomic E-state index is 13.6. The van der Waals surface area contributed by atoms with Gasteiger partial charge in [-0.05, 0) is 56.9 Å². The average molecular weight is 445 g/mol. The quantitative estimate of drug-likeness (QED) is 0.673.